The zero-order valence-electron chi connectivity index (χ0n) is 17.4. The van der Waals surface area contributed by atoms with Gasteiger partial charge >= 0.3 is 0 Å². The van der Waals surface area contributed by atoms with Gasteiger partial charge in [-0.3, -0.25) is 3.97 Å². The van der Waals surface area contributed by atoms with Crippen LogP contribution in [0.3, 0.4) is 0 Å². The van der Waals surface area contributed by atoms with Gasteiger partial charge in [-0.25, -0.2) is 0 Å². The molecule has 5 heteroatoms. The Morgan fingerprint density at radius 3 is 2.50 bits per heavy atom. The monoisotopic (exact) mass is 436 g/mol. The predicted octanol–water partition coefficient (Wildman–Crippen LogP) is 6.48. The van der Waals surface area contributed by atoms with E-state index in [2.05, 4.69) is 64.9 Å². The van der Waals surface area contributed by atoms with Crippen LogP contribution >= 0.6 is 23.5 Å². The van der Waals surface area contributed by atoms with E-state index >= 15 is 0 Å². The van der Waals surface area contributed by atoms with E-state index in [4.69, 9.17) is 16.3 Å². The number of ether oxygens (including phenoxy) is 1. The van der Waals surface area contributed by atoms with Crippen molar-refractivity contribution in [1.29, 1.82) is 0 Å². The van der Waals surface area contributed by atoms with E-state index in [1.807, 2.05) is 25.2 Å². The van der Waals surface area contributed by atoms with Crippen molar-refractivity contribution in [2.75, 3.05) is 14.2 Å². The van der Waals surface area contributed by atoms with E-state index in [0.29, 0.717) is 0 Å². The van der Waals surface area contributed by atoms with Crippen molar-refractivity contribution in [3.63, 3.8) is 0 Å². The molecule has 4 aromatic rings. The molecule has 0 saturated heterocycles. The molecule has 1 N–H and O–H groups in total. The highest BCUT2D eigenvalue weighted by atomic mass is 35.5. The minimum atomic E-state index is 0.814. The fourth-order valence-electron chi connectivity index (χ4n) is 3.59. The highest BCUT2D eigenvalue weighted by Gasteiger charge is 2.11. The Labute approximate surface area is 187 Å². The molecule has 3 aromatic carbocycles. The highest BCUT2D eigenvalue weighted by molar-refractivity contribution is 7.98. The molecule has 30 heavy (non-hydrogen) atoms. The molecule has 4 rings (SSSR count). The van der Waals surface area contributed by atoms with Crippen LogP contribution in [0.4, 0.5) is 0 Å². The lowest BCUT2D eigenvalue weighted by Crippen LogP contribution is -2.04. The second kappa shape index (κ2) is 9.17. The summed E-state index contributed by atoms with van der Waals surface area (Å²) in [4.78, 5) is 1.16. The maximum atomic E-state index is 6.48. The van der Waals surface area contributed by atoms with Crippen LogP contribution in [0.15, 0.2) is 71.8 Å². The topological polar surface area (TPSA) is 26.2 Å². The number of nitrogens with zero attached hydrogens (tertiary/aromatic N) is 1. The van der Waals surface area contributed by atoms with Crippen LogP contribution in [-0.2, 0) is 13.0 Å². The number of benzene rings is 3. The molecular weight excluding hydrogens is 412 g/mol. The summed E-state index contributed by atoms with van der Waals surface area (Å²) in [5, 5.41) is 5.37. The summed E-state index contributed by atoms with van der Waals surface area (Å²) in [7, 11) is 3.67. The number of aromatic nitrogens is 1. The quantitative estimate of drug-likeness (QED) is 0.359. The first-order chi connectivity index (χ1) is 14.6. The zero-order chi connectivity index (χ0) is 21.1. The summed E-state index contributed by atoms with van der Waals surface area (Å²) in [5.74, 6) is 0.866. The molecule has 0 aliphatic carbocycles. The van der Waals surface area contributed by atoms with Crippen LogP contribution in [0.1, 0.15) is 22.3 Å². The molecule has 0 radical (unpaired) electrons. The van der Waals surface area contributed by atoms with Gasteiger partial charge in [-0.2, -0.15) is 0 Å². The van der Waals surface area contributed by atoms with Gasteiger partial charge in [-0.1, -0.05) is 35.9 Å². The van der Waals surface area contributed by atoms with Gasteiger partial charge in [0, 0.05) is 28.0 Å². The number of hydrogen-bond acceptors (Lipinski definition) is 3. The molecule has 1 heterocycles. The average molecular weight is 437 g/mol. The lowest BCUT2D eigenvalue weighted by molar-refractivity contribution is 0.414. The molecule has 0 aliphatic rings. The van der Waals surface area contributed by atoms with Gasteiger partial charge in [0.25, 0.3) is 0 Å². The average Bonchev–Trinajstić information content (AvgIpc) is 3.07. The van der Waals surface area contributed by atoms with Gasteiger partial charge < -0.3 is 10.1 Å². The minimum Gasteiger partial charge on any atom is -0.497 e. The van der Waals surface area contributed by atoms with E-state index in [1.54, 1.807) is 19.1 Å². The number of halogens is 1. The summed E-state index contributed by atoms with van der Waals surface area (Å²) in [6, 6.07) is 21.1. The van der Waals surface area contributed by atoms with E-state index in [9.17, 15) is 0 Å². The normalized spacial score (nSPS) is 11.2. The Kier molecular flexibility index (Phi) is 6.38. The third kappa shape index (κ3) is 4.51. The maximum absolute atomic E-state index is 6.48. The Hall–Kier alpha value is -2.40. The van der Waals surface area contributed by atoms with Crippen LogP contribution in [0, 0.1) is 6.92 Å². The molecular formula is C25H25ClN2OS. The molecule has 0 saturated carbocycles. The van der Waals surface area contributed by atoms with Gasteiger partial charge in [0.15, 0.2) is 0 Å². The van der Waals surface area contributed by atoms with Crippen LogP contribution in [0.25, 0.3) is 10.9 Å². The molecule has 0 aliphatic heterocycles. The smallest absolute Gasteiger partial charge is 0.118 e. The molecule has 0 fully saturated rings. The lowest BCUT2D eigenvalue weighted by Gasteiger charge is -2.09. The molecule has 0 atom stereocenters. The van der Waals surface area contributed by atoms with Gasteiger partial charge in [-0.05, 0) is 91.0 Å². The Balaban J connectivity index is 1.70. The molecule has 3 nitrogen and oxygen atoms in total. The number of methoxy groups -OCH3 is 1. The number of fused-ring (bicyclic) bond motifs is 1. The number of nitrogens with one attached hydrogen (secondary N) is 1. The van der Waals surface area contributed by atoms with Crippen molar-refractivity contribution in [3.05, 3.63) is 94.1 Å². The summed E-state index contributed by atoms with van der Waals surface area (Å²) < 4.78 is 7.53. The van der Waals surface area contributed by atoms with Gasteiger partial charge in [0.1, 0.15) is 5.75 Å². The summed E-state index contributed by atoms with van der Waals surface area (Å²) in [6.45, 7) is 2.89. The molecule has 0 amide bonds. The Morgan fingerprint density at radius 1 is 1.00 bits per heavy atom. The maximum Gasteiger partial charge on any atom is 0.118 e. The van der Waals surface area contributed by atoms with Crippen LogP contribution in [0.5, 0.6) is 5.75 Å². The SMILES string of the molecule is CNCc1cn(Sc2ccc(OC)cc2)c2cc(Cc3ccc(C)cc3Cl)ccc12. The van der Waals surface area contributed by atoms with Gasteiger partial charge in [0.2, 0.25) is 0 Å². The van der Waals surface area contributed by atoms with Crippen molar-refractivity contribution in [3.8, 4) is 5.75 Å². The van der Waals surface area contributed by atoms with Crippen molar-refractivity contribution in [1.82, 2.24) is 9.29 Å². The zero-order valence-corrected chi connectivity index (χ0v) is 19.0. The fourth-order valence-corrected chi connectivity index (χ4v) is 4.81. The van der Waals surface area contributed by atoms with Crippen molar-refractivity contribution >= 4 is 34.5 Å². The molecule has 0 unspecified atom stereocenters. The van der Waals surface area contributed by atoms with Crippen LogP contribution < -0.4 is 10.1 Å². The van der Waals surface area contributed by atoms with E-state index < -0.39 is 0 Å². The standard InChI is InChI=1S/C25H25ClN2OS/c1-17-4-6-19(24(26)12-17)13-18-5-11-23-20(15-27-2)16-28(25(23)14-18)30-22-9-7-21(29-3)8-10-22/h4-12,14,16,27H,13,15H2,1-3H3. The predicted molar refractivity (Wildman–Crippen MR) is 128 cm³/mol. The largest absolute Gasteiger partial charge is 0.497 e. The van der Waals surface area contributed by atoms with Gasteiger partial charge in [0.05, 0.1) is 12.6 Å². The number of aryl methyl sites for hydroxylation is 1. The summed E-state index contributed by atoms with van der Waals surface area (Å²) in [6.07, 6.45) is 3.04. The molecule has 0 spiro atoms. The third-order valence-electron chi connectivity index (χ3n) is 5.15. The first-order valence-corrected chi connectivity index (χ1v) is 11.1. The molecule has 0 bridgehead atoms. The van der Waals surface area contributed by atoms with E-state index in [-0.39, 0.29) is 0 Å². The van der Waals surface area contributed by atoms with Crippen LogP contribution in [0.2, 0.25) is 5.02 Å². The highest BCUT2D eigenvalue weighted by Crippen LogP contribution is 2.32. The first kappa shape index (κ1) is 20.9. The second-order valence-corrected chi connectivity index (χ2v) is 8.85. The minimum absolute atomic E-state index is 0.814. The Morgan fingerprint density at radius 2 is 1.80 bits per heavy atom. The third-order valence-corrected chi connectivity index (χ3v) is 6.49. The lowest BCUT2D eigenvalue weighted by atomic mass is 10.0. The molecule has 1 aromatic heterocycles. The van der Waals surface area contributed by atoms with Crippen molar-refractivity contribution in [2.24, 2.45) is 0 Å². The number of hydrogen-bond donors (Lipinski definition) is 1. The van der Waals surface area contributed by atoms with Crippen LogP contribution in [-0.4, -0.2) is 18.1 Å². The Bertz CT molecular complexity index is 1170. The van der Waals surface area contributed by atoms with Crippen molar-refractivity contribution < 1.29 is 4.74 Å². The summed E-state index contributed by atoms with van der Waals surface area (Å²) >= 11 is 8.19. The fraction of sp³-hybridized carbons (Fsp3) is 0.200. The first-order valence-electron chi connectivity index (χ1n) is 9.92. The second-order valence-electron chi connectivity index (χ2n) is 7.40. The van der Waals surface area contributed by atoms with E-state index in [1.165, 1.54) is 27.6 Å². The number of rotatable bonds is 7. The van der Waals surface area contributed by atoms with E-state index in [0.717, 1.165) is 34.2 Å². The van der Waals surface area contributed by atoms with Crippen molar-refractivity contribution in [2.45, 2.75) is 24.8 Å². The molecule has 154 valence electrons. The summed E-state index contributed by atoms with van der Waals surface area (Å²) in [5.41, 5.74) is 6.08. The van der Waals surface area contributed by atoms with Gasteiger partial charge in [-0.15, -0.1) is 0 Å².